The Kier molecular flexibility index (Phi) is 2.51. The van der Waals surface area contributed by atoms with Crippen molar-refractivity contribution in [2.24, 2.45) is 0 Å². The summed E-state index contributed by atoms with van der Waals surface area (Å²) in [7, 11) is 1.49. The van der Waals surface area contributed by atoms with Crippen LogP contribution in [-0.2, 0) is 0 Å². The van der Waals surface area contributed by atoms with Crippen LogP contribution in [-0.4, -0.2) is 32.3 Å². The Morgan fingerprint density at radius 1 is 1.14 bits per heavy atom. The van der Waals surface area contributed by atoms with E-state index in [0.717, 1.165) is 10.9 Å². The lowest BCUT2D eigenvalue weighted by atomic mass is 9.85. The molecule has 106 valence electrons. The lowest BCUT2D eigenvalue weighted by Gasteiger charge is -2.27. The average Bonchev–Trinajstić information content (AvgIpc) is 2.91. The van der Waals surface area contributed by atoms with Crippen LogP contribution in [0.15, 0.2) is 30.7 Å². The highest BCUT2D eigenvalue weighted by Gasteiger charge is 2.36. The number of ether oxygens (including phenoxy) is 1. The molecular weight excluding hydrogens is 270 g/mol. The highest BCUT2D eigenvalue weighted by Crippen LogP contribution is 2.46. The number of aliphatic hydroxyl groups excluding tert-OH is 2. The molecule has 0 saturated carbocycles. The molecule has 0 aliphatic heterocycles. The van der Waals surface area contributed by atoms with Gasteiger partial charge in [0.2, 0.25) is 5.88 Å². The molecule has 0 amide bonds. The van der Waals surface area contributed by atoms with Gasteiger partial charge in [-0.15, -0.1) is 0 Å². The number of H-pyrrole nitrogens is 1. The molecular formula is C15H13N3O3. The van der Waals surface area contributed by atoms with E-state index in [2.05, 4.69) is 15.0 Å². The second-order valence-corrected chi connectivity index (χ2v) is 5.00. The maximum Gasteiger partial charge on any atom is 0.219 e. The molecule has 0 spiro atoms. The van der Waals surface area contributed by atoms with Crippen LogP contribution in [0.25, 0.3) is 10.9 Å². The molecule has 2 unspecified atom stereocenters. The van der Waals surface area contributed by atoms with Crippen LogP contribution < -0.4 is 4.74 Å². The van der Waals surface area contributed by atoms with Gasteiger partial charge >= 0.3 is 0 Å². The van der Waals surface area contributed by atoms with E-state index in [4.69, 9.17) is 4.74 Å². The number of nitrogens with zero attached hydrogens (tertiary/aromatic N) is 2. The van der Waals surface area contributed by atoms with Crippen molar-refractivity contribution in [3.8, 4) is 5.88 Å². The average molecular weight is 283 g/mol. The van der Waals surface area contributed by atoms with E-state index in [1.165, 1.54) is 7.11 Å². The van der Waals surface area contributed by atoms with Gasteiger partial charge in [-0.1, -0.05) is 0 Å². The Morgan fingerprint density at radius 3 is 2.81 bits per heavy atom. The van der Waals surface area contributed by atoms with Crippen LogP contribution >= 0.6 is 0 Å². The van der Waals surface area contributed by atoms with Gasteiger partial charge in [-0.3, -0.25) is 4.98 Å². The smallest absolute Gasteiger partial charge is 0.219 e. The molecule has 4 rings (SSSR count). The molecule has 6 heteroatoms. The fourth-order valence-electron chi connectivity index (χ4n) is 3.03. The van der Waals surface area contributed by atoms with Gasteiger partial charge in [-0.05, 0) is 17.7 Å². The minimum atomic E-state index is -0.917. The number of hydrogen-bond donors (Lipinski definition) is 3. The largest absolute Gasteiger partial charge is 0.481 e. The lowest BCUT2D eigenvalue weighted by Crippen LogP contribution is -2.18. The van der Waals surface area contributed by atoms with Crippen molar-refractivity contribution in [1.29, 1.82) is 0 Å². The third-order valence-electron chi connectivity index (χ3n) is 3.97. The third kappa shape index (κ3) is 1.54. The fraction of sp³-hybridized carbons (Fsp3) is 0.200. The number of aromatic nitrogens is 3. The normalized spacial score (nSPS) is 20.1. The minimum absolute atomic E-state index is 0.322. The minimum Gasteiger partial charge on any atom is -0.481 e. The molecule has 2 atom stereocenters. The number of rotatable bonds is 1. The second kappa shape index (κ2) is 4.28. The van der Waals surface area contributed by atoms with Crippen LogP contribution in [0.5, 0.6) is 5.88 Å². The van der Waals surface area contributed by atoms with Crippen LogP contribution in [0.2, 0.25) is 0 Å². The summed E-state index contributed by atoms with van der Waals surface area (Å²) in [6.45, 7) is 0. The van der Waals surface area contributed by atoms with Gasteiger partial charge in [0.05, 0.1) is 18.4 Å². The Morgan fingerprint density at radius 2 is 2.00 bits per heavy atom. The van der Waals surface area contributed by atoms with Gasteiger partial charge in [0.15, 0.2) is 0 Å². The van der Waals surface area contributed by atoms with Crippen molar-refractivity contribution in [2.45, 2.75) is 12.2 Å². The topological polar surface area (TPSA) is 91.3 Å². The second-order valence-electron chi connectivity index (χ2n) is 5.00. The quantitative estimate of drug-likeness (QED) is 0.628. The molecule has 0 aromatic carbocycles. The summed E-state index contributed by atoms with van der Waals surface area (Å²) >= 11 is 0. The van der Waals surface area contributed by atoms with Gasteiger partial charge in [0.25, 0.3) is 0 Å². The number of aliphatic hydroxyl groups is 2. The zero-order valence-corrected chi connectivity index (χ0v) is 11.2. The molecule has 0 radical (unpaired) electrons. The molecule has 3 heterocycles. The zero-order valence-electron chi connectivity index (χ0n) is 11.2. The number of aromatic amines is 1. The van der Waals surface area contributed by atoms with E-state index >= 15 is 0 Å². The molecule has 1 aliphatic rings. The van der Waals surface area contributed by atoms with Crippen molar-refractivity contribution in [3.63, 3.8) is 0 Å². The Labute approximate surface area is 120 Å². The molecule has 0 fully saturated rings. The highest BCUT2D eigenvalue weighted by molar-refractivity contribution is 5.86. The first-order chi connectivity index (χ1) is 10.2. The maximum atomic E-state index is 10.8. The highest BCUT2D eigenvalue weighted by atomic mass is 16.5. The van der Waals surface area contributed by atoms with Crippen LogP contribution in [0.4, 0.5) is 0 Å². The van der Waals surface area contributed by atoms with E-state index in [0.29, 0.717) is 28.3 Å². The summed E-state index contributed by atoms with van der Waals surface area (Å²) in [5.74, 6) is 0.322. The Bertz CT molecular complexity index is 843. The molecule has 3 N–H and O–H groups in total. The first kappa shape index (κ1) is 12.3. The summed E-state index contributed by atoms with van der Waals surface area (Å²) in [5, 5.41) is 22.1. The first-order valence-corrected chi connectivity index (χ1v) is 6.56. The van der Waals surface area contributed by atoms with Gasteiger partial charge in [-0.2, -0.15) is 0 Å². The number of pyridine rings is 2. The van der Waals surface area contributed by atoms with E-state index in [9.17, 15) is 10.2 Å². The molecule has 0 saturated heterocycles. The van der Waals surface area contributed by atoms with Gasteiger partial charge in [-0.25, -0.2) is 4.98 Å². The first-order valence-electron chi connectivity index (χ1n) is 6.56. The van der Waals surface area contributed by atoms with Gasteiger partial charge in [0.1, 0.15) is 12.2 Å². The molecule has 21 heavy (non-hydrogen) atoms. The number of methoxy groups -OCH3 is 1. The predicted octanol–water partition coefficient (Wildman–Crippen LogP) is 1.44. The zero-order chi connectivity index (χ0) is 14.6. The molecule has 6 nitrogen and oxygen atoms in total. The summed E-state index contributed by atoms with van der Waals surface area (Å²) < 4.78 is 5.23. The van der Waals surface area contributed by atoms with Crippen molar-refractivity contribution in [3.05, 3.63) is 53.1 Å². The summed E-state index contributed by atoms with van der Waals surface area (Å²) in [5.41, 5.74) is 3.15. The van der Waals surface area contributed by atoms with Gasteiger partial charge in [0, 0.05) is 35.1 Å². The summed E-state index contributed by atoms with van der Waals surface area (Å²) in [6.07, 6.45) is 3.12. The van der Waals surface area contributed by atoms with Crippen molar-refractivity contribution in [2.75, 3.05) is 7.11 Å². The van der Waals surface area contributed by atoms with Crippen molar-refractivity contribution >= 4 is 10.9 Å². The number of hydrogen-bond acceptors (Lipinski definition) is 5. The molecule has 0 bridgehead atoms. The summed E-state index contributed by atoms with van der Waals surface area (Å²) in [4.78, 5) is 11.4. The summed E-state index contributed by atoms with van der Waals surface area (Å²) in [6, 6.07) is 3.51. The van der Waals surface area contributed by atoms with E-state index in [1.54, 1.807) is 24.7 Å². The third-order valence-corrected chi connectivity index (χ3v) is 3.97. The lowest BCUT2D eigenvalue weighted by molar-refractivity contribution is 0.167. The van der Waals surface area contributed by atoms with Crippen LogP contribution in [0, 0.1) is 0 Å². The molecule has 1 aliphatic carbocycles. The van der Waals surface area contributed by atoms with E-state index in [-0.39, 0.29) is 0 Å². The molecule has 3 aromatic heterocycles. The standard InChI is InChI=1S/C15H13N3O3/c1-21-15-11-7(2-5-17-15)13(19)12-10(14(11)20)8-6-16-4-3-9(8)18-12/h2-6,13-14,18-20H,1H3. The predicted molar refractivity (Wildman–Crippen MR) is 75.0 cm³/mol. The number of fused-ring (bicyclic) bond motifs is 4. The van der Waals surface area contributed by atoms with E-state index < -0.39 is 12.2 Å². The molecule has 3 aromatic rings. The van der Waals surface area contributed by atoms with Crippen molar-refractivity contribution < 1.29 is 14.9 Å². The van der Waals surface area contributed by atoms with Crippen molar-refractivity contribution in [1.82, 2.24) is 15.0 Å². The monoisotopic (exact) mass is 283 g/mol. The van der Waals surface area contributed by atoms with Crippen LogP contribution in [0.1, 0.15) is 34.6 Å². The van der Waals surface area contributed by atoms with Crippen LogP contribution in [0.3, 0.4) is 0 Å². The number of nitrogens with one attached hydrogen (secondary N) is 1. The van der Waals surface area contributed by atoms with E-state index in [1.807, 2.05) is 6.07 Å². The SMILES string of the molecule is COc1nccc2c1C(O)c1c([nH]c3ccncc13)C2O. The maximum absolute atomic E-state index is 10.8. The Balaban J connectivity index is 2.06. The Hall–Kier alpha value is -2.44. The van der Waals surface area contributed by atoms with Gasteiger partial charge < -0.3 is 19.9 Å². The fourth-order valence-corrected chi connectivity index (χ4v) is 3.03.